The maximum atomic E-state index is 13.3. The Morgan fingerprint density at radius 2 is 1.20 bits per heavy atom. The second-order valence-electron chi connectivity index (χ2n) is 10.4. The minimum atomic E-state index is -1.75. The number of ether oxygens (including phenoxy) is 4. The monoisotopic (exact) mass is 548 g/mol. The first-order chi connectivity index (χ1) is 18.9. The number of ketones is 1. The molecule has 0 spiro atoms. The van der Waals surface area contributed by atoms with Crippen molar-refractivity contribution in [3.63, 3.8) is 0 Å². The summed E-state index contributed by atoms with van der Waals surface area (Å²) in [6.45, 7) is 2.83. The molecule has 208 valence electrons. The number of phenols is 4. The Bertz CT molecular complexity index is 1920. The van der Waals surface area contributed by atoms with E-state index in [4.69, 9.17) is 18.9 Å². The molecule has 0 aromatic heterocycles. The van der Waals surface area contributed by atoms with Gasteiger partial charge in [-0.3, -0.25) is 4.79 Å². The van der Waals surface area contributed by atoms with E-state index in [1.165, 1.54) is 54.4 Å². The number of benzene rings is 5. The predicted octanol–water partition coefficient (Wildman–Crippen LogP) is 4.57. The van der Waals surface area contributed by atoms with Gasteiger partial charge in [0.15, 0.2) is 23.0 Å². The quantitative estimate of drug-likeness (QED) is 0.156. The average Bonchev–Trinajstić information content (AvgIpc) is 2.99. The van der Waals surface area contributed by atoms with E-state index < -0.39 is 23.1 Å². The van der Waals surface area contributed by atoms with Crippen LogP contribution < -0.4 is 18.9 Å². The summed E-state index contributed by atoms with van der Waals surface area (Å²) in [5.74, 6) is -2.66. The zero-order valence-corrected chi connectivity index (χ0v) is 22.7. The van der Waals surface area contributed by atoms with Crippen LogP contribution in [0.3, 0.4) is 0 Å². The summed E-state index contributed by atoms with van der Waals surface area (Å²) < 4.78 is 22.7. The molecule has 6 rings (SSSR count). The minimum Gasteiger partial charge on any atom is -0.507 e. The normalized spacial score (nSPS) is 18.6. The van der Waals surface area contributed by atoms with Crippen LogP contribution in [0.2, 0.25) is 0 Å². The van der Waals surface area contributed by atoms with Crippen LogP contribution in [-0.2, 0) is 11.2 Å². The molecule has 0 saturated heterocycles. The van der Waals surface area contributed by atoms with Crippen LogP contribution in [0.25, 0.3) is 43.1 Å². The third-order valence-corrected chi connectivity index (χ3v) is 8.23. The summed E-state index contributed by atoms with van der Waals surface area (Å²) in [7, 11) is 5.51. The summed E-state index contributed by atoms with van der Waals surface area (Å²) in [5.41, 5.74) is -1.20. The summed E-state index contributed by atoms with van der Waals surface area (Å²) in [6.07, 6.45) is -0.151. The second kappa shape index (κ2) is 8.22. The van der Waals surface area contributed by atoms with Gasteiger partial charge in [0, 0.05) is 51.2 Å². The van der Waals surface area contributed by atoms with E-state index in [0.29, 0.717) is 37.9 Å². The topological polar surface area (TPSA) is 155 Å². The Balaban J connectivity index is 2.18. The van der Waals surface area contributed by atoms with Crippen LogP contribution in [-0.4, -0.2) is 65.4 Å². The zero-order valence-electron chi connectivity index (χ0n) is 22.7. The van der Waals surface area contributed by atoms with Gasteiger partial charge in [0.1, 0.15) is 28.8 Å². The molecule has 1 aliphatic carbocycles. The standard InChI is InChI=1S/C30H28O10/c1-10(31)25-24-22-16-11(9-30(25,2)36)28(39-5)26(34)17-12(32)7-14(37-3)19(21(16)17)20-15(38-4)8-13(33)18(23(20)22)27(35)29(24)40-6/h7-8,25,32-36H,9H2,1-6H3. The number of methoxy groups -OCH3 is 4. The Morgan fingerprint density at radius 1 is 0.725 bits per heavy atom. The first-order valence-corrected chi connectivity index (χ1v) is 12.5. The second-order valence-corrected chi connectivity index (χ2v) is 10.4. The number of carbonyl (C=O) groups is 1. The average molecular weight is 549 g/mol. The molecule has 10 heteroatoms. The van der Waals surface area contributed by atoms with Gasteiger partial charge in [0.25, 0.3) is 0 Å². The largest absolute Gasteiger partial charge is 0.507 e. The Hall–Kier alpha value is -4.57. The van der Waals surface area contributed by atoms with Crippen molar-refractivity contribution in [2.24, 2.45) is 0 Å². The molecule has 0 bridgehead atoms. The molecule has 10 nitrogen and oxygen atoms in total. The van der Waals surface area contributed by atoms with Crippen molar-refractivity contribution in [2.45, 2.75) is 31.8 Å². The molecular formula is C30H28O10. The number of rotatable bonds is 5. The molecule has 0 heterocycles. The Labute approximate surface area is 227 Å². The SMILES string of the molecule is COc1c(O)c2c(O)cc(OC)c3c4c(OC)cc(O)c5c(O)c(OC)c6c(c(c1CC(C)(O)C6C(C)=O)c23)c54. The van der Waals surface area contributed by atoms with Gasteiger partial charge in [0.2, 0.25) is 0 Å². The van der Waals surface area contributed by atoms with Gasteiger partial charge in [0.05, 0.1) is 50.7 Å². The molecule has 40 heavy (non-hydrogen) atoms. The molecule has 0 radical (unpaired) electrons. The van der Waals surface area contributed by atoms with E-state index in [0.717, 1.165) is 0 Å². The van der Waals surface area contributed by atoms with Crippen molar-refractivity contribution in [3.8, 4) is 46.0 Å². The van der Waals surface area contributed by atoms with Crippen molar-refractivity contribution in [1.29, 1.82) is 0 Å². The van der Waals surface area contributed by atoms with Gasteiger partial charge in [-0.15, -0.1) is 0 Å². The van der Waals surface area contributed by atoms with E-state index in [1.54, 1.807) is 0 Å². The summed E-state index contributed by atoms with van der Waals surface area (Å²) >= 11 is 0. The van der Waals surface area contributed by atoms with Crippen LogP contribution in [0.15, 0.2) is 12.1 Å². The molecule has 0 aliphatic heterocycles. The number of fused-ring (bicyclic) bond motifs is 1. The molecule has 5 aromatic carbocycles. The first kappa shape index (κ1) is 25.7. The van der Waals surface area contributed by atoms with Crippen LogP contribution in [0.5, 0.6) is 46.0 Å². The molecule has 0 fully saturated rings. The number of aliphatic hydroxyl groups is 1. The maximum Gasteiger partial charge on any atom is 0.169 e. The maximum absolute atomic E-state index is 13.3. The summed E-state index contributed by atoms with van der Waals surface area (Å²) in [4.78, 5) is 13.3. The predicted molar refractivity (Wildman–Crippen MR) is 148 cm³/mol. The molecule has 2 atom stereocenters. The fourth-order valence-corrected chi connectivity index (χ4v) is 6.92. The van der Waals surface area contributed by atoms with E-state index in [9.17, 15) is 30.3 Å². The summed E-state index contributed by atoms with van der Waals surface area (Å²) in [5, 5.41) is 59.7. The van der Waals surface area contributed by atoms with Gasteiger partial charge in [-0.25, -0.2) is 0 Å². The molecule has 5 aromatic rings. The highest BCUT2D eigenvalue weighted by Crippen LogP contribution is 2.62. The number of Topliss-reactive ketones (excluding diaryl/α,β-unsaturated/α-hetero) is 1. The minimum absolute atomic E-state index is 0.0000961. The highest BCUT2D eigenvalue weighted by molar-refractivity contribution is 6.40. The lowest BCUT2D eigenvalue weighted by Crippen LogP contribution is -2.38. The zero-order chi connectivity index (χ0) is 29.0. The number of aromatic hydroxyl groups is 4. The van der Waals surface area contributed by atoms with Crippen molar-refractivity contribution in [1.82, 2.24) is 0 Å². The highest BCUT2D eigenvalue weighted by atomic mass is 16.5. The molecule has 1 aliphatic rings. The van der Waals surface area contributed by atoms with Gasteiger partial charge in [-0.2, -0.15) is 0 Å². The lowest BCUT2D eigenvalue weighted by atomic mass is 9.77. The Kier molecular flexibility index (Phi) is 5.28. The molecule has 0 saturated carbocycles. The van der Waals surface area contributed by atoms with Crippen molar-refractivity contribution in [3.05, 3.63) is 23.3 Å². The van der Waals surface area contributed by atoms with E-state index in [1.807, 2.05) is 0 Å². The van der Waals surface area contributed by atoms with Crippen LogP contribution in [0.1, 0.15) is 30.9 Å². The third kappa shape index (κ3) is 2.88. The molecule has 5 N–H and O–H groups in total. The van der Waals surface area contributed by atoms with Gasteiger partial charge >= 0.3 is 0 Å². The smallest absolute Gasteiger partial charge is 0.169 e. The van der Waals surface area contributed by atoms with E-state index >= 15 is 0 Å². The van der Waals surface area contributed by atoms with E-state index in [-0.39, 0.29) is 63.0 Å². The summed E-state index contributed by atoms with van der Waals surface area (Å²) in [6, 6.07) is 2.69. The van der Waals surface area contributed by atoms with Crippen molar-refractivity contribution in [2.75, 3.05) is 28.4 Å². The molecule has 0 amide bonds. The number of phenolic OH excluding ortho intramolecular Hbond substituents is 4. The van der Waals surface area contributed by atoms with Crippen molar-refractivity contribution >= 4 is 48.9 Å². The molecular weight excluding hydrogens is 520 g/mol. The van der Waals surface area contributed by atoms with Gasteiger partial charge in [-0.05, 0) is 24.6 Å². The fraction of sp³-hybridized carbons (Fsp3) is 0.300. The van der Waals surface area contributed by atoms with Crippen LogP contribution in [0.4, 0.5) is 0 Å². The van der Waals surface area contributed by atoms with Crippen LogP contribution in [0, 0.1) is 0 Å². The number of carbonyl (C=O) groups excluding carboxylic acids is 1. The lowest BCUT2D eigenvalue weighted by Gasteiger charge is -2.32. The first-order valence-electron chi connectivity index (χ1n) is 12.5. The van der Waals surface area contributed by atoms with Crippen molar-refractivity contribution < 1.29 is 49.3 Å². The van der Waals surface area contributed by atoms with E-state index in [2.05, 4.69) is 0 Å². The molecule has 2 unspecified atom stereocenters. The lowest BCUT2D eigenvalue weighted by molar-refractivity contribution is -0.124. The number of hydrogen-bond acceptors (Lipinski definition) is 10. The van der Waals surface area contributed by atoms with Gasteiger partial charge in [-0.1, -0.05) is 0 Å². The fourth-order valence-electron chi connectivity index (χ4n) is 6.92. The highest BCUT2D eigenvalue weighted by Gasteiger charge is 2.46. The third-order valence-electron chi connectivity index (χ3n) is 8.23. The van der Waals surface area contributed by atoms with Gasteiger partial charge < -0.3 is 44.5 Å². The number of hydrogen-bond donors (Lipinski definition) is 5. The Morgan fingerprint density at radius 3 is 1.65 bits per heavy atom. The van der Waals surface area contributed by atoms with Crippen LogP contribution >= 0.6 is 0 Å².